The first kappa shape index (κ1) is 17.3. The highest BCUT2D eigenvalue weighted by atomic mass is 35.5. The standard InChI is InChI=1S/C17H16Cl2N2O2/c18-14-7-6-13(11-15(14)19)17(23)21-9-8-20-16(22)10-12-4-2-1-3-5-12/h1-7,11H,8-10H2,(H,20,22)(H,21,23). The Kier molecular flexibility index (Phi) is 6.44. The average Bonchev–Trinajstić information content (AvgIpc) is 2.55. The number of benzene rings is 2. The summed E-state index contributed by atoms with van der Waals surface area (Å²) < 4.78 is 0. The van der Waals surface area contributed by atoms with Gasteiger partial charge < -0.3 is 10.6 Å². The SMILES string of the molecule is O=C(Cc1ccccc1)NCCNC(=O)c1ccc(Cl)c(Cl)c1. The molecular weight excluding hydrogens is 335 g/mol. The lowest BCUT2D eigenvalue weighted by molar-refractivity contribution is -0.120. The van der Waals surface area contributed by atoms with Gasteiger partial charge in [0.15, 0.2) is 0 Å². The maximum atomic E-state index is 11.9. The first-order chi connectivity index (χ1) is 11.1. The summed E-state index contributed by atoms with van der Waals surface area (Å²) in [4.78, 5) is 23.7. The van der Waals surface area contributed by atoms with E-state index in [1.165, 1.54) is 6.07 Å². The lowest BCUT2D eigenvalue weighted by Crippen LogP contribution is -2.35. The number of carbonyl (C=O) groups is 2. The second-order valence-electron chi connectivity index (χ2n) is 4.90. The summed E-state index contributed by atoms with van der Waals surface area (Å²) in [5, 5.41) is 6.20. The highest BCUT2D eigenvalue weighted by Gasteiger charge is 2.08. The first-order valence-corrected chi connectivity index (χ1v) is 7.86. The zero-order valence-electron chi connectivity index (χ0n) is 12.3. The van der Waals surface area contributed by atoms with Gasteiger partial charge in [0.1, 0.15) is 0 Å². The van der Waals surface area contributed by atoms with Crippen molar-refractivity contribution in [1.29, 1.82) is 0 Å². The van der Waals surface area contributed by atoms with Crippen LogP contribution in [0.5, 0.6) is 0 Å². The van der Waals surface area contributed by atoms with Crippen molar-refractivity contribution >= 4 is 35.0 Å². The van der Waals surface area contributed by atoms with Crippen molar-refractivity contribution in [3.8, 4) is 0 Å². The fourth-order valence-corrected chi connectivity index (χ4v) is 2.26. The van der Waals surface area contributed by atoms with Gasteiger partial charge in [-0.1, -0.05) is 53.5 Å². The van der Waals surface area contributed by atoms with Crippen LogP contribution in [-0.4, -0.2) is 24.9 Å². The Hall–Kier alpha value is -2.04. The molecule has 0 fully saturated rings. The molecular formula is C17H16Cl2N2O2. The van der Waals surface area contributed by atoms with Gasteiger partial charge in [0.25, 0.3) is 5.91 Å². The van der Waals surface area contributed by atoms with E-state index in [0.29, 0.717) is 35.1 Å². The maximum absolute atomic E-state index is 11.9. The van der Waals surface area contributed by atoms with Crippen molar-refractivity contribution in [3.63, 3.8) is 0 Å². The van der Waals surface area contributed by atoms with E-state index in [4.69, 9.17) is 23.2 Å². The monoisotopic (exact) mass is 350 g/mol. The van der Waals surface area contributed by atoms with Crippen LogP contribution < -0.4 is 10.6 Å². The second-order valence-corrected chi connectivity index (χ2v) is 5.71. The molecule has 2 rings (SSSR count). The maximum Gasteiger partial charge on any atom is 0.251 e. The third kappa shape index (κ3) is 5.58. The molecule has 23 heavy (non-hydrogen) atoms. The molecule has 0 aliphatic carbocycles. The number of halogens is 2. The van der Waals surface area contributed by atoms with Crippen LogP contribution in [0.3, 0.4) is 0 Å². The van der Waals surface area contributed by atoms with Gasteiger partial charge in [0.2, 0.25) is 5.91 Å². The van der Waals surface area contributed by atoms with Crippen LogP contribution in [0, 0.1) is 0 Å². The predicted molar refractivity (Wildman–Crippen MR) is 92.0 cm³/mol. The Morgan fingerprint density at radius 3 is 2.26 bits per heavy atom. The molecule has 120 valence electrons. The van der Waals surface area contributed by atoms with E-state index in [0.717, 1.165) is 5.56 Å². The third-order valence-electron chi connectivity index (χ3n) is 3.12. The number of hydrogen-bond acceptors (Lipinski definition) is 2. The van der Waals surface area contributed by atoms with Gasteiger partial charge in [0.05, 0.1) is 16.5 Å². The molecule has 0 aromatic heterocycles. The van der Waals surface area contributed by atoms with Crippen LogP contribution in [0.15, 0.2) is 48.5 Å². The van der Waals surface area contributed by atoms with E-state index < -0.39 is 0 Å². The fraction of sp³-hybridized carbons (Fsp3) is 0.176. The Balaban J connectivity index is 1.71. The molecule has 2 aromatic rings. The molecule has 6 heteroatoms. The van der Waals surface area contributed by atoms with Crippen molar-refractivity contribution in [2.45, 2.75) is 6.42 Å². The van der Waals surface area contributed by atoms with Crippen molar-refractivity contribution in [3.05, 3.63) is 69.7 Å². The van der Waals surface area contributed by atoms with E-state index >= 15 is 0 Å². The summed E-state index contributed by atoms with van der Waals surface area (Å²) in [5.41, 5.74) is 1.37. The minimum absolute atomic E-state index is 0.0833. The third-order valence-corrected chi connectivity index (χ3v) is 3.86. The molecule has 0 radical (unpaired) electrons. The van der Waals surface area contributed by atoms with Crippen LogP contribution in [-0.2, 0) is 11.2 Å². The van der Waals surface area contributed by atoms with Gasteiger partial charge >= 0.3 is 0 Å². The number of amides is 2. The molecule has 0 aliphatic heterocycles. The van der Waals surface area contributed by atoms with E-state index in [9.17, 15) is 9.59 Å². The Morgan fingerprint density at radius 2 is 1.57 bits per heavy atom. The number of nitrogens with one attached hydrogen (secondary N) is 2. The van der Waals surface area contributed by atoms with Crippen LogP contribution >= 0.6 is 23.2 Å². The molecule has 0 heterocycles. The van der Waals surface area contributed by atoms with Crippen molar-refractivity contribution in [2.75, 3.05) is 13.1 Å². The molecule has 0 spiro atoms. The summed E-state index contributed by atoms with van der Waals surface area (Å²) in [7, 11) is 0. The fourth-order valence-electron chi connectivity index (χ4n) is 1.96. The lowest BCUT2D eigenvalue weighted by Gasteiger charge is -2.08. The Bertz CT molecular complexity index is 690. The summed E-state index contributed by atoms with van der Waals surface area (Å²) in [6.45, 7) is 0.693. The topological polar surface area (TPSA) is 58.2 Å². The molecule has 0 unspecified atom stereocenters. The molecule has 0 saturated carbocycles. The average molecular weight is 351 g/mol. The molecule has 2 N–H and O–H groups in total. The number of carbonyl (C=O) groups excluding carboxylic acids is 2. The highest BCUT2D eigenvalue weighted by molar-refractivity contribution is 6.42. The van der Waals surface area contributed by atoms with Crippen LogP contribution in [0.4, 0.5) is 0 Å². The second kappa shape index (κ2) is 8.56. The number of hydrogen-bond donors (Lipinski definition) is 2. The quantitative estimate of drug-likeness (QED) is 0.786. The van der Waals surface area contributed by atoms with Gasteiger partial charge in [-0.15, -0.1) is 0 Å². The molecule has 2 amide bonds. The molecule has 0 bridgehead atoms. The Labute approximate surface area is 144 Å². The molecule has 2 aromatic carbocycles. The van der Waals surface area contributed by atoms with E-state index in [2.05, 4.69) is 10.6 Å². The molecule has 0 atom stereocenters. The first-order valence-electron chi connectivity index (χ1n) is 7.10. The smallest absolute Gasteiger partial charge is 0.251 e. The zero-order valence-corrected chi connectivity index (χ0v) is 13.8. The zero-order chi connectivity index (χ0) is 16.7. The van der Waals surface area contributed by atoms with Crippen LogP contribution in [0.1, 0.15) is 15.9 Å². The van der Waals surface area contributed by atoms with Gasteiger partial charge in [0, 0.05) is 18.7 Å². The van der Waals surface area contributed by atoms with Gasteiger partial charge in [-0.3, -0.25) is 9.59 Å². The van der Waals surface area contributed by atoms with Gasteiger partial charge in [-0.05, 0) is 23.8 Å². The van der Waals surface area contributed by atoms with Crippen molar-refractivity contribution < 1.29 is 9.59 Å². The van der Waals surface area contributed by atoms with E-state index in [1.54, 1.807) is 12.1 Å². The summed E-state index contributed by atoms with van der Waals surface area (Å²) in [5.74, 6) is -0.346. The number of rotatable bonds is 6. The van der Waals surface area contributed by atoms with E-state index in [-0.39, 0.29) is 11.8 Å². The lowest BCUT2D eigenvalue weighted by atomic mass is 10.1. The molecule has 4 nitrogen and oxygen atoms in total. The van der Waals surface area contributed by atoms with Gasteiger partial charge in [-0.2, -0.15) is 0 Å². The molecule has 0 aliphatic rings. The van der Waals surface area contributed by atoms with Crippen molar-refractivity contribution in [2.24, 2.45) is 0 Å². The predicted octanol–water partition coefficient (Wildman–Crippen LogP) is 3.08. The minimum Gasteiger partial charge on any atom is -0.354 e. The normalized spacial score (nSPS) is 10.2. The largest absolute Gasteiger partial charge is 0.354 e. The van der Waals surface area contributed by atoms with Crippen LogP contribution in [0.25, 0.3) is 0 Å². The van der Waals surface area contributed by atoms with E-state index in [1.807, 2.05) is 30.3 Å². The summed E-state index contributed by atoms with van der Waals surface area (Å²) >= 11 is 11.7. The summed E-state index contributed by atoms with van der Waals surface area (Å²) in [6.07, 6.45) is 0.321. The highest BCUT2D eigenvalue weighted by Crippen LogP contribution is 2.22. The summed E-state index contributed by atoms with van der Waals surface area (Å²) in [6, 6.07) is 14.1. The Morgan fingerprint density at radius 1 is 0.870 bits per heavy atom. The minimum atomic E-state index is -0.263. The van der Waals surface area contributed by atoms with Gasteiger partial charge in [-0.25, -0.2) is 0 Å². The van der Waals surface area contributed by atoms with Crippen molar-refractivity contribution in [1.82, 2.24) is 10.6 Å². The van der Waals surface area contributed by atoms with Crippen LogP contribution in [0.2, 0.25) is 10.0 Å². The molecule has 0 saturated heterocycles.